The van der Waals surface area contributed by atoms with Gasteiger partial charge in [-0.3, -0.25) is 0 Å². The maximum absolute atomic E-state index is 13.2. The molecule has 1 nitrogen and oxygen atoms in total. The van der Waals surface area contributed by atoms with Crippen LogP contribution in [0.4, 0.5) is 17.6 Å². The third kappa shape index (κ3) is 3.83. The Morgan fingerprint density at radius 3 is 2.24 bits per heavy atom. The Kier molecular flexibility index (Phi) is 5.37. The Hall–Kier alpha value is -1.18. The number of hydrogen-bond acceptors (Lipinski definition) is 3. The minimum absolute atomic E-state index is 0.423. The number of hydrogen-bond donors (Lipinski definition) is 1. The minimum atomic E-state index is -4.44. The number of halogens is 4. The molecule has 0 spiro atoms. The summed E-state index contributed by atoms with van der Waals surface area (Å²) >= 11 is 2.88. The molecule has 0 amide bonds. The van der Waals surface area contributed by atoms with Gasteiger partial charge in [0.15, 0.2) is 0 Å². The zero-order chi connectivity index (χ0) is 18.1. The molecule has 25 heavy (non-hydrogen) atoms. The number of aliphatic hydroxyl groups excluding tert-OH is 1. The molecule has 1 aliphatic heterocycles. The molecule has 1 aliphatic rings. The molecular weight excluding hydrogens is 372 g/mol. The summed E-state index contributed by atoms with van der Waals surface area (Å²) in [6.45, 7) is 0. The van der Waals surface area contributed by atoms with Crippen LogP contribution in [0, 0.1) is 5.82 Å². The first-order chi connectivity index (χ1) is 11.8. The summed E-state index contributed by atoms with van der Waals surface area (Å²) in [6.07, 6.45) is -4.57. The van der Waals surface area contributed by atoms with E-state index in [0.717, 1.165) is 30.1 Å². The Labute approximate surface area is 151 Å². The van der Waals surface area contributed by atoms with E-state index in [-0.39, 0.29) is 0 Å². The van der Waals surface area contributed by atoms with E-state index in [0.29, 0.717) is 11.1 Å². The molecular formula is C18H16F4OS2. The molecule has 0 radical (unpaired) electrons. The topological polar surface area (TPSA) is 20.2 Å². The third-order valence-corrected chi connectivity index (χ3v) is 7.53. The van der Waals surface area contributed by atoms with Crippen molar-refractivity contribution in [1.82, 2.24) is 0 Å². The lowest BCUT2D eigenvalue weighted by molar-refractivity contribution is -0.137. The second-order valence-electron chi connectivity index (χ2n) is 5.75. The molecule has 1 saturated heterocycles. The monoisotopic (exact) mass is 388 g/mol. The first-order valence-corrected chi connectivity index (χ1v) is 9.69. The van der Waals surface area contributed by atoms with Gasteiger partial charge in [-0.05, 0) is 53.3 Å². The standard InChI is InChI=1S/C18H16F4OS2/c19-15-7-5-12(6-8-15)16(23)17(24-9-2-10-25-17)13-3-1-4-14(11-13)18(20,21)22/h1,3-8,11,16,23H,2,9-10H2. The van der Waals surface area contributed by atoms with Crippen LogP contribution in [-0.2, 0) is 10.3 Å². The highest BCUT2D eigenvalue weighted by Crippen LogP contribution is 2.57. The molecule has 1 heterocycles. The van der Waals surface area contributed by atoms with E-state index < -0.39 is 27.7 Å². The molecule has 134 valence electrons. The zero-order valence-electron chi connectivity index (χ0n) is 13.1. The van der Waals surface area contributed by atoms with Gasteiger partial charge in [0.05, 0.1) is 5.56 Å². The first-order valence-electron chi connectivity index (χ1n) is 7.72. The molecule has 1 atom stereocenters. The molecule has 0 bridgehead atoms. The highest BCUT2D eigenvalue weighted by atomic mass is 32.2. The SMILES string of the molecule is OC(c1ccc(F)cc1)C1(c2cccc(C(F)(F)F)c2)SCCCS1. The van der Waals surface area contributed by atoms with E-state index in [1.807, 2.05) is 0 Å². The number of alkyl halides is 3. The second kappa shape index (κ2) is 7.21. The van der Waals surface area contributed by atoms with Crippen LogP contribution in [-0.4, -0.2) is 16.6 Å². The van der Waals surface area contributed by atoms with Gasteiger partial charge < -0.3 is 5.11 Å². The molecule has 1 fully saturated rings. The van der Waals surface area contributed by atoms with Crippen molar-refractivity contribution < 1.29 is 22.7 Å². The Morgan fingerprint density at radius 2 is 1.64 bits per heavy atom. The first kappa shape index (κ1) is 18.6. The predicted octanol–water partition coefficient (Wildman–Crippen LogP) is 5.60. The molecule has 2 aromatic carbocycles. The molecule has 0 aliphatic carbocycles. The fourth-order valence-electron chi connectivity index (χ4n) is 2.81. The van der Waals surface area contributed by atoms with Crippen LogP contribution in [0.25, 0.3) is 0 Å². The molecule has 1 N–H and O–H groups in total. The van der Waals surface area contributed by atoms with E-state index in [2.05, 4.69) is 0 Å². The van der Waals surface area contributed by atoms with Crippen LogP contribution >= 0.6 is 23.5 Å². The van der Waals surface area contributed by atoms with Crippen molar-refractivity contribution in [3.05, 3.63) is 71.0 Å². The van der Waals surface area contributed by atoms with E-state index in [9.17, 15) is 22.7 Å². The van der Waals surface area contributed by atoms with E-state index in [1.54, 1.807) is 6.07 Å². The van der Waals surface area contributed by atoms with E-state index in [4.69, 9.17) is 0 Å². The van der Waals surface area contributed by atoms with Gasteiger partial charge in [-0.15, -0.1) is 23.5 Å². The van der Waals surface area contributed by atoms with Gasteiger partial charge in [0.25, 0.3) is 0 Å². The lowest BCUT2D eigenvalue weighted by Gasteiger charge is -2.40. The largest absolute Gasteiger partial charge is 0.416 e. The summed E-state index contributed by atoms with van der Waals surface area (Å²) in [6, 6.07) is 10.6. The fourth-order valence-corrected chi connectivity index (χ4v) is 6.18. The zero-order valence-corrected chi connectivity index (χ0v) is 14.7. The van der Waals surface area contributed by atoms with Gasteiger partial charge in [-0.2, -0.15) is 13.2 Å². The maximum atomic E-state index is 13.2. The summed E-state index contributed by atoms with van der Waals surface area (Å²) in [5, 5.41) is 11.0. The Balaban J connectivity index is 2.06. The highest BCUT2D eigenvalue weighted by molar-refractivity contribution is 8.18. The van der Waals surface area contributed by atoms with Crippen LogP contribution in [0.2, 0.25) is 0 Å². The quantitative estimate of drug-likeness (QED) is 0.691. The van der Waals surface area contributed by atoms with Crippen molar-refractivity contribution >= 4 is 23.5 Å². The van der Waals surface area contributed by atoms with Gasteiger partial charge in [0, 0.05) is 0 Å². The molecule has 7 heteroatoms. The summed E-state index contributed by atoms with van der Waals surface area (Å²) in [5.74, 6) is 1.05. The minimum Gasteiger partial charge on any atom is -0.386 e. The van der Waals surface area contributed by atoms with Gasteiger partial charge in [-0.1, -0.05) is 24.3 Å². The summed E-state index contributed by atoms with van der Waals surface area (Å²) in [5.41, 5.74) is 0.178. The summed E-state index contributed by atoms with van der Waals surface area (Å²) in [7, 11) is 0. The fraction of sp³-hybridized carbons (Fsp3) is 0.333. The van der Waals surface area contributed by atoms with Crippen molar-refractivity contribution in [2.75, 3.05) is 11.5 Å². The van der Waals surface area contributed by atoms with Crippen LogP contribution in [0.5, 0.6) is 0 Å². The van der Waals surface area contributed by atoms with Crippen LogP contribution in [0.3, 0.4) is 0 Å². The maximum Gasteiger partial charge on any atom is 0.416 e. The summed E-state index contributed by atoms with van der Waals surface area (Å²) in [4.78, 5) is 0. The lowest BCUT2D eigenvalue weighted by atomic mass is 9.98. The van der Waals surface area contributed by atoms with Crippen molar-refractivity contribution in [1.29, 1.82) is 0 Å². The van der Waals surface area contributed by atoms with E-state index >= 15 is 0 Å². The van der Waals surface area contributed by atoms with E-state index in [1.165, 1.54) is 53.9 Å². The normalized spacial score (nSPS) is 18.8. The Bertz CT molecular complexity index is 725. The lowest BCUT2D eigenvalue weighted by Crippen LogP contribution is -2.31. The van der Waals surface area contributed by atoms with Gasteiger partial charge >= 0.3 is 6.18 Å². The van der Waals surface area contributed by atoms with Crippen molar-refractivity contribution in [2.24, 2.45) is 0 Å². The number of aliphatic hydroxyl groups is 1. The molecule has 0 aromatic heterocycles. The van der Waals surface area contributed by atoms with Crippen molar-refractivity contribution in [3.8, 4) is 0 Å². The van der Waals surface area contributed by atoms with Crippen molar-refractivity contribution in [2.45, 2.75) is 22.8 Å². The summed E-state index contributed by atoms with van der Waals surface area (Å²) < 4.78 is 51.6. The number of thioether (sulfide) groups is 2. The Morgan fingerprint density at radius 1 is 1.00 bits per heavy atom. The van der Waals surface area contributed by atoms with Gasteiger partial charge in [0.2, 0.25) is 0 Å². The smallest absolute Gasteiger partial charge is 0.386 e. The molecule has 3 rings (SSSR count). The molecule has 0 saturated carbocycles. The van der Waals surface area contributed by atoms with Crippen LogP contribution in [0.15, 0.2) is 48.5 Å². The highest BCUT2D eigenvalue weighted by Gasteiger charge is 2.44. The van der Waals surface area contributed by atoms with Crippen LogP contribution in [0.1, 0.15) is 29.2 Å². The van der Waals surface area contributed by atoms with Gasteiger partial charge in [0.1, 0.15) is 16.0 Å². The van der Waals surface area contributed by atoms with Crippen molar-refractivity contribution in [3.63, 3.8) is 0 Å². The number of benzene rings is 2. The number of rotatable bonds is 3. The van der Waals surface area contributed by atoms with Crippen LogP contribution < -0.4 is 0 Å². The second-order valence-corrected chi connectivity index (χ2v) is 8.69. The third-order valence-electron chi connectivity index (χ3n) is 4.06. The van der Waals surface area contributed by atoms with Gasteiger partial charge in [-0.25, -0.2) is 4.39 Å². The molecule has 1 unspecified atom stereocenters. The predicted molar refractivity (Wildman–Crippen MR) is 94.0 cm³/mol. The average molecular weight is 388 g/mol. The average Bonchev–Trinajstić information content (AvgIpc) is 2.62. The molecule has 2 aromatic rings.